The van der Waals surface area contributed by atoms with Gasteiger partial charge in [-0.25, -0.2) is 4.39 Å². The molecular formula is C22H20ClFN6O2S. The van der Waals surface area contributed by atoms with Gasteiger partial charge in [-0.3, -0.25) is 9.48 Å². The van der Waals surface area contributed by atoms with Crippen LogP contribution in [0.1, 0.15) is 0 Å². The summed E-state index contributed by atoms with van der Waals surface area (Å²) >= 11 is 7.00. The quantitative estimate of drug-likeness (QED) is 0.389. The van der Waals surface area contributed by atoms with Gasteiger partial charge in [-0.2, -0.15) is 5.10 Å². The van der Waals surface area contributed by atoms with Crippen molar-refractivity contribution in [3.63, 3.8) is 0 Å². The number of ether oxygens (including phenoxy) is 1. The maximum absolute atomic E-state index is 13.3. The Labute approximate surface area is 198 Å². The van der Waals surface area contributed by atoms with E-state index in [1.807, 2.05) is 49.1 Å². The summed E-state index contributed by atoms with van der Waals surface area (Å²) in [6.07, 6.45) is 1.87. The second-order valence-corrected chi connectivity index (χ2v) is 8.48. The number of aromatic nitrogens is 5. The van der Waals surface area contributed by atoms with E-state index in [-0.39, 0.29) is 16.7 Å². The van der Waals surface area contributed by atoms with Gasteiger partial charge in [-0.05, 0) is 30.3 Å². The van der Waals surface area contributed by atoms with Crippen LogP contribution in [0, 0.1) is 5.82 Å². The first-order valence-corrected chi connectivity index (χ1v) is 11.2. The molecule has 1 N–H and O–H groups in total. The molecule has 2 aromatic heterocycles. The highest BCUT2D eigenvalue weighted by Crippen LogP contribution is 2.32. The summed E-state index contributed by atoms with van der Waals surface area (Å²) in [4.78, 5) is 12.3. The van der Waals surface area contributed by atoms with Crippen LogP contribution >= 0.6 is 23.4 Å². The van der Waals surface area contributed by atoms with Crippen molar-refractivity contribution in [1.82, 2.24) is 24.5 Å². The Morgan fingerprint density at radius 1 is 1.21 bits per heavy atom. The third kappa shape index (κ3) is 5.01. The number of nitrogens with one attached hydrogen (secondary N) is 1. The molecule has 0 bridgehead atoms. The van der Waals surface area contributed by atoms with E-state index in [0.29, 0.717) is 16.7 Å². The normalized spacial score (nSPS) is 10.9. The minimum absolute atomic E-state index is 0.0540. The largest absolute Gasteiger partial charge is 0.497 e. The summed E-state index contributed by atoms with van der Waals surface area (Å²) in [5.74, 6) is 0.627. The van der Waals surface area contributed by atoms with Crippen molar-refractivity contribution in [2.24, 2.45) is 14.1 Å². The van der Waals surface area contributed by atoms with E-state index in [2.05, 4.69) is 20.6 Å². The zero-order chi connectivity index (χ0) is 23.5. The van der Waals surface area contributed by atoms with Crippen molar-refractivity contribution in [1.29, 1.82) is 0 Å². The lowest BCUT2D eigenvalue weighted by atomic mass is 10.1. The number of benzene rings is 2. The van der Waals surface area contributed by atoms with Gasteiger partial charge in [0.15, 0.2) is 11.0 Å². The highest BCUT2D eigenvalue weighted by Gasteiger charge is 2.20. The summed E-state index contributed by atoms with van der Waals surface area (Å²) < 4.78 is 22.1. The van der Waals surface area contributed by atoms with E-state index in [9.17, 15) is 9.18 Å². The highest BCUT2D eigenvalue weighted by molar-refractivity contribution is 7.99. The van der Waals surface area contributed by atoms with Gasteiger partial charge < -0.3 is 14.6 Å². The van der Waals surface area contributed by atoms with Crippen LogP contribution in [0.2, 0.25) is 5.02 Å². The molecule has 4 aromatic rings. The minimum Gasteiger partial charge on any atom is -0.497 e. The lowest BCUT2D eigenvalue weighted by Crippen LogP contribution is -2.14. The SMILES string of the molecule is COc1cccc(-c2nn(C)cc2-c2nnc(SCC(=O)Nc3ccc(F)c(Cl)c3)n2C)c1. The van der Waals surface area contributed by atoms with Crippen LogP contribution in [-0.2, 0) is 18.9 Å². The Balaban J connectivity index is 1.51. The molecule has 170 valence electrons. The molecule has 8 nitrogen and oxygen atoms in total. The Kier molecular flexibility index (Phi) is 6.66. The molecule has 0 aliphatic rings. The fourth-order valence-electron chi connectivity index (χ4n) is 3.21. The van der Waals surface area contributed by atoms with E-state index in [4.69, 9.17) is 16.3 Å². The van der Waals surface area contributed by atoms with Crippen LogP contribution in [0.25, 0.3) is 22.6 Å². The third-order valence-electron chi connectivity index (χ3n) is 4.78. The number of aryl methyl sites for hydroxylation is 1. The monoisotopic (exact) mass is 486 g/mol. The summed E-state index contributed by atoms with van der Waals surface area (Å²) in [7, 11) is 5.29. The van der Waals surface area contributed by atoms with E-state index in [0.717, 1.165) is 22.6 Å². The molecule has 0 radical (unpaired) electrons. The molecule has 0 unspecified atom stereocenters. The van der Waals surface area contributed by atoms with E-state index in [1.165, 1.54) is 30.0 Å². The molecule has 0 saturated heterocycles. The molecule has 33 heavy (non-hydrogen) atoms. The topological polar surface area (TPSA) is 86.9 Å². The van der Waals surface area contributed by atoms with Gasteiger partial charge in [0, 0.05) is 31.5 Å². The molecule has 2 aromatic carbocycles. The Morgan fingerprint density at radius 3 is 2.79 bits per heavy atom. The average molecular weight is 487 g/mol. The minimum atomic E-state index is -0.542. The maximum atomic E-state index is 13.3. The van der Waals surface area contributed by atoms with E-state index < -0.39 is 5.82 Å². The summed E-state index contributed by atoms with van der Waals surface area (Å²) in [5.41, 5.74) is 2.86. The van der Waals surface area contributed by atoms with Crippen molar-refractivity contribution in [3.8, 4) is 28.4 Å². The van der Waals surface area contributed by atoms with E-state index >= 15 is 0 Å². The molecule has 0 atom stereocenters. The van der Waals surface area contributed by atoms with Gasteiger partial charge in [0.2, 0.25) is 5.91 Å². The smallest absolute Gasteiger partial charge is 0.234 e. The van der Waals surface area contributed by atoms with Gasteiger partial charge in [0.25, 0.3) is 0 Å². The predicted molar refractivity (Wildman–Crippen MR) is 126 cm³/mol. The predicted octanol–water partition coefficient (Wildman–Crippen LogP) is 4.41. The number of hydrogen-bond acceptors (Lipinski definition) is 6. The lowest BCUT2D eigenvalue weighted by molar-refractivity contribution is -0.113. The van der Waals surface area contributed by atoms with Gasteiger partial charge >= 0.3 is 0 Å². The number of carbonyl (C=O) groups is 1. The second kappa shape index (κ2) is 9.63. The number of methoxy groups -OCH3 is 1. The van der Waals surface area contributed by atoms with Crippen LogP contribution in [0.3, 0.4) is 0 Å². The lowest BCUT2D eigenvalue weighted by Gasteiger charge is -2.07. The third-order valence-corrected chi connectivity index (χ3v) is 6.09. The van der Waals surface area contributed by atoms with Crippen molar-refractivity contribution in [2.45, 2.75) is 5.16 Å². The molecule has 0 fully saturated rings. The van der Waals surface area contributed by atoms with Crippen LogP contribution < -0.4 is 10.1 Å². The number of halogens is 2. The average Bonchev–Trinajstić information content (AvgIpc) is 3.36. The summed E-state index contributed by atoms with van der Waals surface area (Å²) in [6, 6.07) is 11.6. The number of carbonyl (C=O) groups excluding carboxylic acids is 1. The van der Waals surface area contributed by atoms with Crippen LogP contribution in [0.4, 0.5) is 10.1 Å². The van der Waals surface area contributed by atoms with E-state index in [1.54, 1.807) is 11.8 Å². The zero-order valence-corrected chi connectivity index (χ0v) is 19.6. The van der Waals surface area contributed by atoms with Crippen LogP contribution in [0.15, 0.2) is 53.8 Å². The molecule has 1 amide bonds. The van der Waals surface area contributed by atoms with Gasteiger partial charge in [0.1, 0.15) is 17.3 Å². The Morgan fingerprint density at radius 2 is 2.03 bits per heavy atom. The summed E-state index contributed by atoms with van der Waals surface area (Å²) in [5, 5.41) is 16.4. The van der Waals surface area contributed by atoms with Crippen molar-refractivity contribution >= 4 is 35.0 Å². The highest BCUT2D eigenvalue weighted by atomic mass is 35.5. The van der Waals surface area contributed by atoms with Crippen LogP contribution in [0.5, 0.6) is 5.75 Å². The van der Waals surface area contributed by atoms with Gasteiger partial charge in [0.05, 0.1) is 23.4 Å². The summed E-state index contributed by atoms with van der Waals surface area (Å²) in [6.45, 7) is 0. The van der Waals surface area contributed by atoms with Crippen LogP contribution in [-0.4, -0.2) is 43.3 Å². The van der Waals surface area contributed by atoms with Crippen molar-refractivity contribution < 1.29 is 13.9 Å². The molecule has 2 heterocycles. The number of rotatable bonds is 7. The molecule has 0 aliphatic heterocycles. The molecule has 0 spiro atoms. The molecule has 0 saturated carbocycles. The first-order valence-electron chi connectivity index (χ1n) is 9.81. The number of amides is 1. The molecular weight excluding hydrogens is 467 g/mol. The molecule has 0 aliphatic carbocycles. The fraction of sp³-hybridized carbons (Fsp3) is 0.182. The Hall–Kier alpha value is -3.37. The number of thioether (sulfide) groups is 1. The first-order chi connectivity index (χ1) is 15.9. The number of hydrogen-bond donors (Lipinski definition) is 1. The second-order valence-electron chi connectivity index (χ2n) is 7.13. The van der Waals surface area contributed by atoms with Gasteiger partial charge in [-0.1, -0.05) is 35.5 Å². The molecule has 11 heteroatoms. The number of anilines is 1. The maximum Gasteiger partial charge on any atom is 0.234 e. The first kappa shape index (κ1) is 22.8. The molecule has 4 rings (SSSR count). The van der Waals surface area contributed by atoms with Crippen molar-refractivity contribution in [3.05, 3.63) is 59.5 Å². The fourth-order valence-corrected chi connectivity index (χ4v) is 4.10. The Bertz CT molecular complexity index is 1320. The van der Waals surface area contributed by atoms with Gasteiger partial charge in [-0.15, -0.1) is 10.2 Å². The number of nitrogens with zero attached hydrogens (tertiary/aromatic N) is 5. The van der Waals surface area contributed by atoms with Crippen molar-refractivity contribution in [2.75, 3.05) is 18.2 Å². The standard InChI is InChI=1S/C22H20ClFN6O2S/c1-29-11-16(20(28-29)13-5-4-6-15(9-13)32-3)21-26-27-22(30(21)2)33-12-19(31)25-14-7-8-18(24)17(23)10-14/h4-11H,12H2,1-3H3,(H,25,31). The zero-order valence-electron chi connectivity index (χ0n) is 18.0.